The number of amides is 4. The van der Waals surface area contributed by atoms with Gasteiger partial charge in [-0.3, -0.25) is 14.5 Å². The third-order valence-corrected chi connectivity index (χ3v) is 7.90. The van der Waals surface area contributed by atoms with Crippen molar-refractivity contribution in [2.24, 2.45) is 0 Å². The topological polar surface area (TPSA) is 96.8 Å². The first-order chi connectivity index (χ1) is 21.2. The maximum absolute atomic E-state index is 13.4. The van der Waals surface area contributed by atoms with Crippen LogP contribution in [0.25, 0.3) is 0 Å². The Morgan fingerprint density at radius 1 is 0.867 bits per heavy atom. The standard InChI is InChI=1S/C31H31F6N5O3/c1-20-25(28(44)42(27(20)43)24-12-7-21(19-38)26(18-24)31(35,36)37)6-4-2-3-5-13-40-14-16-41(17-15-40)29(45)39-23-10-8-22(9-11-23)30(32,33)34/h7-12,18H,2-6,13-17H2,1H3,(H,39,45). The Morgan fingerprint density at radius 2 is 1.51 bits per heavy atom. The molecule has 2 aliphatic heterocycles. The molecule has 4 amide bonds. The van der Waals surface area contributed by atoms with E-state index in [1.165, 1.54) is 25.1 Å². The molecule has 14 heteroatoms. The number of hydrogen-bond donors (Lipinski definition) is 1. The van der Waals surface area contributed by atoms with Crippen molar-refractivity contribution in [2.75, 3.05) is 42.9 Å². The highest BCUT2D eigenvalue weighted by Crippen LogP contribution is 2.37. The average Bonchev–Trinajstić information content (AvgIpc) is 3.20. The van der Waals surface area contributed by atoms with Gasteiger partial charge in [-0.25, -0.2) is 9.69 Å². The lowest BCUT2D eigenvalue weighted by atomic mass is 10.0. The Labute approximate surface area is 255 Å². The van der Waals surface area contributed by atoms with E-state index in [1.807, 2.05) is 0 Å². The number of nitriles is 1. The zero-order valence-corrected chi connectivity index (χ0v) is 24.4. The van der Waals surface area contributed by atoms with Gasteiger partial charge >= 0.3 is 18.4 Å². The van der Waals surface area contributed by atoms with Gasteiger partial charge in [0, 0.05) is 43.0 Å². The molecule has 4 rings (SSSR count). The van der Waals surface area contributed by atoms with E-state index in [-0.39, 0.29) is 28.6 Å². The van der Waals surface area contributed by atoms with Gasteiger partial charge in [-0.2, -0.15) is 31.6 Å². The molecule has 0 aromatic heterocycles. The van der Waals surface area contributed by atoms with Crippen molar-refractivity contribution >= 4 is 29.2 Å². The third-order valence-electron chi connectivity index (χ3n) is 7.90. The normalized spacial score (nSPS) is 16.4. The number of piperazine rings is 1. The zero-order chi connectivity index (χ0) is 32.9. The van der Waals surface area contributed by atoms with Crippen LogP contribution >= 0.6 is 0 Å². The maximum Gasteiger partial charge on any atom is 0.417 e. The van der Waals surface area contributed by atoms with Gasteiger partial charge in [-0.15, -0.1) is 0 Å². The first kappa shape index (κ1) is 33.5. The lowest BCUT2D eigenvalue weighted by molar-refractivity contribution is -0.138. The van der Waals surface area contributed by atoms with E-state index < -0.39 is 40.9 Å². The number of imide groups is 1. The van der Waals surface area contributed by atoms with Crippen molar-refractivity contribution in [3.05, 3.63) is 70.3 Å². The molecule has 0 saturated carbocycles. The summed E-state index contributed by atoms with van der Waals surface area (Å²) < 4.78 is 78.4. The number of unbranched alkanes of at least 4 members (excludes halogenated alkanes) is 3. The van der Waals surface area contributed by atoms with Crippen LogP contribution in [-0.4, -0.2) is 60.4 Å². The highest BCUT2D eigenvalue weighted by atomic mass is 19.4. The molecule has 2 heterocycles. The Hall–Kier alpha value is -4.38. The molecule has 8 nitrogen and oxygen atoms in total. The number of carbonyl (C=O) groups is 3. The highest BCUT2D eigenvalue weighted by Gasteiger charge is 2.39. The Balaban J connectivity index is 1.17. The van der Waals surface area contributed by atoms with E-state index >= 15 is 0 Å². The van der Waals surface area contributed by atoms with Gasteiger partial charge < -0.3 is 10.2 Å². The molecule has 240 valence electrons. The molecular formula is C31H31F6N5O3. The van der Waals surface area contributed by atoms with Crippen molar-refractivity contribution in [3.8, 4) is 6.07 Å². The number of carbonyl (C=O) groups excluding carboxylic acids is 3. The average molecular weight is 636 g/mol. The highest BCUT2D eigenvalue weighted by molar-refractivity contribution is 6.32. The fourth-order valence-electron chi connectivity index (χ4n) is 5.33. The van der Waals surface area contributed by atoms with Gasteiger partial charge in [0.05, 0.1) is 28.4 Å². The quantitative estimate of drug-likeness (QED) is 0.191. The molecule has 45 heavy (non-hydrogen) atoms. The summed E-state index contributed by atoms with van der Waals surface area (Å²) in [6.07, 6.45) is -5.88. The zero-order valence-electron chi connectivity index (χ0n) is 24.4. The van der Waals surface area contributed by atoms with E-state index in [9.17, 15) is 40.7 Å². The summed E-state index contributed by atoms with van der Waals surface area (Å²) >= 11 is 0. The van der Waals surface area contributed by atoms with Gasteiger partial charge in [0.1, 0.15) is 0 Å². The molecule has 0 bridgehead atoms. The van der Waals surface area contributed by atoms with Crippen molar-refractivity contribution < 1.29 is 40.7 Å². The van der Waals surface area contributed by atoms with Gasteiger partial charge in [-0.1, -0.05) is 12.8 Å². The third kappa shape index (κ3) is 8.02. The Bertz CT molecular complexity index is 1500. The second-order valence-corrected chi connectivity index (χ2v) is 10.9. The minimum atomic E-state index is -4.82. The molecule has 2 aliphatic rings. The van der Waals surface area contributed by atoms with Crippen LogP contribution in [0.1, 0.15) is 55.7 Å². The molecule has 1 N–H and O–H groups in total. The molecule has 2 aromatic carbocycles. The van der Waals surface area contributed by atoms with Crippen LogP contribution in [0, 0.1) is 11.3 Å². The monoisotopic (exact) mass is 635 g/mol. The number of urea groups is 1. The lowest BCUT2D eigenvalue weighted by Crippen LogP contribution is -2.50. The summed E-state index contributed by atoms with van der Waals surface area (Å²) in [5.41, 5.74) is -2.09. The fraction of sp³-hybridized carbons (Fsp3) is 0.419. The van der Waals surface area contributed by atoms with Crippen LogP contribution in [0.4, 0.5) is 42.5 Å². The number of nitrogens with zero attached hydrogens (tertiary/aromatic N) is 4. The fourth-order valence-corrected chi connectivity index (χ4v) is 5.33. The van der Waals surface area contributed by atoms with E-state index in [2.05, 4.69) is 10.2 Å². The number of alkyl halides is 6. The second-order valence-electron chi connectivity index (χ2n) is 10.9. The molecule has 0 aliphatic carbocycles. The van der Waals surface area contributed by atoms with Gasteiger partial charge in [0.2, 0.25) is 0 Å². The number of rotatable bonds is 9. The summed E-state index contributed by atoms with van der Waals surface area (Å²) in [6.45, 7) is 4.50. The van der Waals surface area contributed by atoms with Gasteiger partial charge in [0.25, 0.3) is 11.8 Å². The molecule has 0 spiro atoms. The lowest BCUT2D eigenvalue weighted by Gasteiger charge is -2.34. The van der Waals surface area contributed by atoms with Crippen LogP contribution in [0.3, 0.4) is 0 Å². The first-order valence-corrected chi connectivity index (χ1v) is 14.4. The number of hydrogen-bond acceptors (Lipinski definition) is 5. The minimum absolute atomic E-state index is 0.193. The number of nitrogens with one attached hydrogen (secondary N) is 1. The van der Waals surface area contributed by atoms with E-state index in [1.54, 1.807) is 4.90 Å². The van der Waals surface area contributed by atoms with Crippen molar-refractivity contribution in [1.29, 1.82) is 5.26 Å². The maximum atomic E-state index is 13.4. The van der Waals surface area contributed by atoms with E-state index in [0.717, 1.165) is 55.0 Å². The molecule has 0 radical (unpaired) electrons. The van der Waals surface area contributed by atoms with E-state index in [4.69, 9.17) is 5.26 Å². The predicted octanol–water partition coefficient (Wildman–Crippen LogP) is 6.59. The number of benzene rings is 2. The second kappa shape index (κ2) is 13.7. The summed E-state index contributed by atoms with van der Waals surface area (Å²) in [7, 11) is 0. The van der Waals surface area contributed by atoms with Crippen LogP contribution in [0.15, 0.2) is 53.6 Å². The summed E-state index contributed by atoms with van der Waals surface area (Å²) in [4.78, 5) is 42.9. The first-order valence-electron chi connectivity index (χ1n) is 14.4. The van der Waals surface area contributed by atoms with Gasteiger partial charge in [0.15, 0.2) is 0 Å². The van der Waals surface area contributed by atoms with Crippen LogP contribution in [0.5, 0.6) is 0 Å². The largest absolute Gasteiger partial charge is 0.417 e. The van der Waals surface area contributed by atoms with Crippen molar-refractivity contribution in [1.82, 2.24) is 9.80 Å². The van der Waals surface area contributed by atoms with Crippen LogP contribution in [0.2, 0.25) is 0 Å². The minimum Gasteiger partial charge on any atom is -0.322 e. The van der Waals surface area contributed by atoms with Gasteiger partial charge in [-0.05, 0) is 75.2 Å². The number of anilines is 2. The summed E-state index contributed by atoms with van der Waals surface area (Å²) in [6, 6.07) is 8.12. The Kier molecular flexibility index (Phi) is 10.2. The van der Waals surface area contributed by atoms with Crippen LogP contribution < -0.4 is 10.2 Å². The van der Waals surface area contributed by atoms with Crippen molar-refractivity contribution in [3.63, 3.8) is 0 Å². The van der Waals surface area contributed by atoms with Crippen molar-refractivity contribution in [2.45, 2.75) is 51.4 Å². The predicted molar refractivity (Wildman–Crippen MR) is 153 cm³/mol. The summed E-state index contributed by atoms with van der Waals surface area (Å²) in [5.74, 6) is -1.34. The SMILES string of the molecule is CC1=C(CCCCCCN2CCN(C(=O)Nc3ccc(C(F)(F)F)cc3)CC2)C(=O)N(c2ccc(C#N)c(C(F)(F)F)c2)C1=O. The molecule has 0 unspecified atom stereocenters. The molecular weight excluding hydrogens is 604 g/mol. The number of halogens is 6. The smallest absolute Gasteiger partial charge is 0.322 e. The molecule has 1 saturated heterocycles. The van der Waals surface area contributed by atoms with E-state index in [0.29, 0.717) is 45.1 Å². The Morgan fingerprint density at radius 3 is 2.11 bits per heavy atom. The van der Waals surface area contributed by atoms with Crippen LogP contribution in [-0.2, 0) is 21.9 Å². The molecule has 1 fully saturated rings. The summed E-state index contributed by atoms with van der Waals surface area (Å²) in [5, 5.41) is 11.6. The molecule has 0 atom stereocenters. The molecule has 2 aromatic rings.